The van der Waals surface area contributed by atoms with Crippen molar-refractivity contribution < 1.29 is 27.5 Å². The van der Waals surface area contributed by atoms with Gasteiger partial charge in [0.05, 0.1) is 30.4 Å². The van der Waals surface area contributed by atoms with Crippen LogP contribution in [0.2, 0.25) is 0 Å². The maximum Gasteiger partial charge on any atom is 0.316 e. The van der Waals surface area contributed by atoms with Gasteiger partial charge in [-0.2, -0.15) is 4.31 Å². The smallest absolute Gasteiger partial charge is 0.316 e. The van der Waals surface area contributed by atoms with Crippen molar-refractivity contribution in [3.8, 4) is 5.75 Å². The third-order valence-corrected chi connectivity index (χ3v) is 8.80. The van der Waals surface area contributed by atoms with Crippen LogP contribution in [0.4, 0.5) is 5.13 Å². The summed E-state index contributed by atoms with van der Waals surface area (Å²) in [6, 6.07) is 4.22. The molecule has 10 nitrogen and oxygen atoms in total. The summed E-state index contributed by atoms with van der Waals surface area (Å²) >= 11 is 2.22. The van der Waals surface area contributed by atoms with Crippen molar-refractivity contribution >= 4 is 50.1 Å². The first kappa shape index (κ1) is 24.4. The van der Waals surface area contributed by atoms with Crippen LogP contribution in [0.3, 0.4) is 0 Å². The Morgan fingerprint density at radius 2 is 1.97 bits per heavy atom. The van der Waals surface area contributed by atoms with Gasteiger partial charge in [-0.25, -0.2) is 8.42 Å². The van der Waals surface area contributed by atoms with E-state index in [9.17, 15) is 18.0 Å². The quantitative estimate of drug-likeness (QED) is 0.330. The molecular weight excluding hydrogens is 476 g/mol. The first-order valence-corrected chi connectivity index (χ1v) is 13.0. The molecule has 0 spiro atoms. The van der Waals surface area contributed by atoms with Crippen LogP contribution in [0.25, 0.3) is 0 Å². The third kappa shape index (κ3) is 5.77. The van der Waals surface area contributed by atoms with Gasteiger partial charge in [-0.05, 0) is 37.0 Å². The maximum atomic E-state index is 13.1. The molecule has 2 heterocycles. The van der Waals surface area contributed by atoms with E-state index in [1.54, 1.807) is 0 Å². The Morgan fingerprint density at radius 1 is 1.25 bits per heavy atom. The normalized spacial score (nSPS) is 15.3. The highest BCUT2D eigenvalue weighted by Crippen LogP contribution is 2.29. The molecule has 0 atom stereocenters. The molecule has 0 bridgehead atoms. The van der Waals surface area contributed by atoms with E-state index in [1.807, 2.05) is 0 Å². The summed E-state index contributed by atoms with van der Waals surface area (Å²) in [5, 5.41) is 10.6. The number of nitrogens with one attached hydrogen (secondary N) is 1. The summed E-state index contributed by atoms with van der Waals surface area (Å²) in [7, 11) is -1.03. The van der Waals surface area contributed by atoms with Gasteiger partial charge in [0.1, 0.15) is 5.75 Å². The Morgan fingerprint density at radius 3 is 2.62 bits per heavy atom. The van der Waals surface area contributed by atoms with E-state index >= 15 is 0 Å². The summed E-state index contributed by atoms with van der Waals surface area (Å²) in [6.07, 6.45) is 1.60. The molecule has 0 aliphatic carbocycles. The number of anilines is 1. The lowest BCUT2D eigenvalue weighted by Gasteiger charge is -2.29. The van der Waals surface area contributed by atoms with E-state index in [4.69, 9.17) is 4.74 Å². The van der Waals surface area contributed by atoms with Gasteiger partial charge in [-0.15, -0.1) is 10.2 Å². The van der Waals surface area contributed by atoms with Crippen molar-refractivity contribution in [3.05, 3.63) is 23.8 Å². The fourth-order valence-corrected chi connectivity index (χ4v) is 6.14. The number of benzene rings is 1. The van der Waals surface area contributed by atoms with Crippen LogP contribution in [0.1, 0.15) is 30.1 Å². The molecule has 1 aliphatic heterocycles. The third-order valence-electron chi connectivity index (χ3n) is 4.96. The number of rotatable bonds is 8. The van der Waals surface area contributed by atoms with Crippen molar-refractivity contribution in [2.45, 2.75) is 29.0 Å². The monoisotopic (exact) mass is 500 g/mol. The van der Waals surface area contributed by atoms with Gasteiger partial charge < -0.3 is 9.47 Å². The molecule has 174 valence electrons. The molecule has 1 aliphatic rings. The second-order valence-electron chi connectivity index (χ2n) is 7.14. The molecule has 1 saturated heterocycles. The Kier molecular flexibility index (Phi) is 8.09. The number of hydrogen-bond acceptors (Lipinski definition) is 10. The van der Waals surface area contributed by atoms with Crippen molar-refractivity contribution in [2.24, 2.45) is 5.92 Å². The van der Waals surface area contributed by atoms with Crippen molar-refractivity contribution in [2.75, 3.05) is 38.4 Å². The lowest BCUT2D eigenvalue weighted by atomic mass is 10.0. The number of carbonyl (C=O) groups excluding carboxylic acids is 2. The van der Waals surface area contributed by atoms with E-state index in [0.717, 1.165) is 35.9 Å². The number of methoxy groups -OCH3 is 2. The van der Waals surface area contributed by atoms with E-state index in [0.29, 0.717) is 23.3 Å². The molecule has 2 aromatic rings. The van der Waals surface area contributed by atoms with Gasteiger partial charge in [0, 0.05) is 13.1 Å². The Bertz CT molecular complexity index is 1080. The van der Waals surface area contributed by atoms with Crippen LogP contribution in [-0.4, -0.2) is 67.9 Å². The Balaban J connectivity index is 1.77. The number of amides is 1. The van der Waals surface area contributed by atoms with Crippen molar-refractivity contribution in [1.82, 2.24) is 14.5 Å². The lowest BCUT2D eigenvalue weighted by Crippen LogP contribution is -2.37. The second-order valence-corrected chi connectivity index (χ2v) is 11.3. The van der Waals surface area contributed by atoms with Gasteiger partial charge in [0.25, 0.3) is 5.91 Å². The largest absolute Gasteiger partial charge is 0.496 e. The maximum absolute atomic E-state index is 13.1. The average Bonchev–Trinajstić information content (AvgIpc) is 3.24. The van der Waals surface area contributed by atoms with Gasteiger partial charge >= 0.3 is 5.97 Å². The number of nitrogens with zero attached hydrogens (tertiary/aromatic N) is 3. The molecule has 32 heavy (non-hydrogen) atoms. The predicted molar refractivity (Wildman–Crippen MR) is 121 cm³/mol. The molecule has 13 heteroatoms. The number of aromatic nitrogens is 2. The van der Waals surface area contributed by atoms with Gasteiger partial charge in [0.15, 0.2) is 4.34 Å². The van der Waals surface area contributed by atoms with Gasteiger partial charge in [-0.1, -0.05) is 30.0 Å². The zero-order valence-electron chi connectivity index (χ0n) is 17.9. The minimum atomic E-state index is -3.73. The summed E-state index contributed by atoms with van der Waals surface area (Å²) in [6.45, 7) is 3.01. The SMILES string of the molecule is COC(=O)CSc1nnc(NC(=O)c2cc(S(=O)(=O)N3CCC(C)CC3)ccc2OC)s1. The molecule has 0 saturated carbocycles. The number of thioether (sulfide) groups is 1. The van der Waals surface area contributed by atoms with Crippen LogP contribution >= 0.6 is 23.1 Å². The fourth-order valence-electron chi connectivity index (χ4n) is 3.06. The van der Waals surface area contributed by atoms with Crippen LogP contribution in [-0.2, 0) is 19.6 Å². The number of ether oxygens (including phenoxy) is 2. The summed E-state index contributed by atoms with van der Waals surface area (Å²) in [5.41, 5.74) is 0.0675. The molecule has 1 N–H and O–H groups in total. The second kappa shape index (κ2) is 10.6. The number of piperidine rings is 1. The summed E-state index contributed by atoms with van der Waals surface area (Å²) in [4.78, 5) is 24.2. The zero-order chi connectivity index (χ0) is 23.3. The van der Waals surface area contributed by atoms with E-state index in [1.165, 1.54) is 36.7 Å². The highest BCUT2D eigenvalue weighted by molar-refractivity contribution is 8.01. The van der Waals surface area contributed by atoms with Gasteiger partial charge in [-0.3, -0.25) is 14.9 Å². The van der Waals surface area contributed by atoms with Crippen LogP contribution < -0.4 is 10.1 Å². The fraction of sp³-hybridized carbons (Fsp3) is 0.474. The summed E-state index contributed by atoms with van der Waals surface area (Å²) in [5.74, 6) is -0.185. The predicted octanol–water partition coefficient (Wildman–Crippen LogP) is 2.48. The standard InChI is InChI=1S/C19H24N4O6S3/c1-12-6-8-23(9-7-12)32(26,27)13-4-5-15(28-2)14(10-13)17(25)20-18-21-22-19(31-18)30-11-16(24)29-3/h4-5,10,12H,6-9,11H2,1-3H3,(H,20,21,25). The molecule has 1 fully saturated rings. The van der Waals surface area contributed by atoms with E-state index in [2.05, 4.69) is 27.2 Å². The molecule has 1 aromatic carbocycles. The molecule has 1 aromatic heterocycles. The topological polar surface area (TPSA) is 128 Å². The Labute approximate surface area is 194 Å². The number of hydrogen-bond donors (Lipinski definition) is 1. The molecule has 3 rings (SSSR count). The molecule has 1 amide bonds. The van der Waals surface area contributed by atoms with E-state index < -0.39 is 21.9 Å². The average molecular weight is 501 g/mol. The first-order chi connectivity index (χ1) is 15.2. The first-order valence-electron chi connectivity index (χ1n) is 9.77. The number of esters is 1. The van der Waals surface area contributed by atoms with Crippen LogP contribution in [0.15, 0.2) is 27.4 Å². The summed E-state index contributed by atoms with van der Waals surface area (Å²) < 4.78 is 37.9. The van der Waals surface area contributed by atoms with Crippen LogP contribution in [0, 0.1) is 5.92 Å². The van der Waals surface area contributed by atoms with Crippen molar-refractivity contribution in [1.29, 1.82) is 0 Å². The number of sulfonamides is 1. The Hall–Kier alpha value is -2.22. The highest BCUT2D eigenvalue weighted by Gasteiger charge is 2.29. The van der Waals surface area contributed by atoms with Crippen LogP contribution in [0.5, 0.6) is 5.75 Å². The zero-order valence-corrected chi connectivity index (χ0v) is 20.3. The highest BCUT2D eigenvalue weighted by atomic mass is 32.2. The van der Waals surface area contributed by atoms with E-state index in [-0.39, 0.29) is 27.1 Å². The van der Waals surface area contributed by atoms with Gasteiger partial charge in [0.2, 0.25) is 15.2 Å². The molecule has 0 radical (unpaired) electrons. The minimum absolute atomic E-state index is 0.0320. The lowest BCUT2D eigenvalue weighted by molar-refractivity contribution is -0.137. The minimum Gasteiger partial charge on any atom is -0.496 e. The molecular formula is C19H24N4O6S3. The molecule has 0 unspecified atom stereocenters. The van der Waals surface area contributed by atoms with Crippen molar-refractivity contribution in [3.63, 3.8) is 0 Å². The number of carbonyl (C=O) groups is 2.